The zero-order valence-electron chi connectivity index (χ0n) is 18.0. The van der Waals surface area contributed by atoms with Crippen molar-refractivity contribution in [3.63, 3.8) is 0 Å². The first-order valence-electron chi connectivity index (χ1n) is 10.2. The molecule has 0 aliphatic heterocycles. The fourth-order valence-corrected chi connectivity index (χ4v) is 10.5. The summed E-state index contributed by atoms with van der Waals surface area (Å²) in [5.41, 5.74) is 7.77. The lowest BCUT2D eigenvalue weighted by atomic mass is 10.1. The molecule has 1 aromatic rings. The van der Waals surface area contributed by atoms with E-state index < -0.39 is 8.07 Å². The Kier molecular flexibility index (Phi) is 6.20. The van der Waals surface area contributed by atoms with Crippen molar-refractivity contribution in [1.29, 1.82) is 0 Å². The van der Waals surface area contributed by atoms with Gasteiger partial charge in [-0.05, 0) is 68.2 Å². The van der Waals surface area contributed by atoms with Crippen molar-refractivity contribution in [3.05, 3.63) is 51.2 Å². The van der Waals surface area contributed by atoms with Gasteiger partial charge >= 0.3 is 0 Å². The molecule has 0 saturated carbocycles. The molecule has 0 heterocycles. The van der Waals surface area contributed by atoms with Crippen LogP contribution in [0.3, 0.4) is 0 Å². The summed E-state index contributed by atoms with van der Waals surface area (Å²) in [6.45, 7) is 21.5. The minimum absolute atomic E-state index is 0.616. The van der Waals surface area contributed by atoms with Crippen molar-refractivity contribution in [2.45, 2.75) is 80.8 Å². The summed E-state index contributed by atoms with van der Waals surface area (Å²) in [5, 5.41) is 3.47. The molecule has 0 N–H and O–H groups in total. The fraction of sp³-hybridized carbons (Fsp3) is 0.583. The molecule has 0 spiro atoms. The Morgan fingerprint density at radius 1 is 0.920 bits per heavy atom. The van der Waals surface area contributed by atoms with Gasteiger partial charge in [-0.25, -0.2) is 0 Å². The van der Waals surface area contributed by atoms with Gasteiger partial charge in [0.05, 0.1) is 0 Å². The van der Waals surface area contributed by atoms with E-state index in [2.05, 4.69) is 80.1 Å². The first kappa shape index (κ1) is 20.2. The smallest absolute Gasteiger partial charge is 0.0660 e. The minimum atomic E-state index is -1.72. The normalized spacial score (nSPS) is 20.6. The van der Waals surface area contributed by atoms with E-state index in [0.717, 1.165) is 18.8 Å². The van der Waals surface area contributed by atoms with Crippen molar-refractivity contribution in [1.82, 2.24) is 0 Å². The molecule has 2 rings (SSSR count). The molecule has 25 heavy (non-hydrogen) atoms. The lowest BCUT2D eigenvalue weighted by Gasteiger charge is -2.36. The molecule has 1 heteroatoms. The van der Waals surface area contributed by atoms with Gasteiger partial charge in [0.1, 0.15) is 8.07 Å². The summed E-state index contributed by atoms with van der Waals surface area (Å²) in [5.74, 6) is 1.35. The van der Waals surface area contributed by atoms with Gasteiger partial charge in [-0.15, -0.1) is 0 Å². The third-order valence-electron chi connectivity index (χ3n) is 6.56. The quantitative estimate of drug-likeness (QED) is 0.505. The molecule has 0 saturated heterocycles. The monoisotopic (exact) mass is 354 g/mol. The Morgan fingerprint density at radius 3 is 1.80 bits per heavy atom. The van der Waals surface area contributed by atoms with Crippen LogP contribution >= 0.6 is 0 Å². The van der Waals surface area contributed by atoms with Gasteiger partial charge in [0.15, 0.2) is 0 Å². The summed E-state index contributed by atoms with van der Waals surface area (Å²) in [6, 6.07) is 8.86. The molecule has 0 fully saturated rings. The van der Waals surface area contributed by atoms with Crippen LogP contribution in [0.1, 0.15) is 66.5 Å². The van der Waals surface area contributed by atoms with E-state index in [4.69, 9.17) is 0 Å². The Labute approximate surface area is 157 Å². The highest BCUT2D eigenvalue weighted by molar-refractivity contribution is 6.97. The van der Waals surface area contributed by atoms with E-state index in [1.54, 1.807) is 27.1 Å². The number of aryl methyl sites for hydroxylation is 2. The Morgan fingerprint density at radius 2 is 1.44 bits per heavy atom. The third kappa shape index (κ3) is 3.72. The van der Waals surface area contributed by atoms with Crippen LogP contribution in [0, 0.1) is 11.8 Å². The Balaban J connectivity index is 2.69. The van der Waals surface area contributed by atoms with Crippen LogP contribution in [-0.4, -0.2) is 8.07 Å². The fourth-order valence-electron chi connectivity index (χ4n) is 4.94. The molecular weight excluding hydrogens is 316 g/mol. The molecule has 0 radical (unpaired) electrons. The molecule has 1 aromatic carbocycles. The summed E-state index contributed by atoms with van der Waals surface area (Å²) in [6.07, 6.45) is 2.27. The summed E-state index contributed by atoms with van der Waals surface area (Å²) < 4.78 is 0. The number of rotatable bonds is 6. The molecule has 138 valence electrons. The predicted octanol–water partition coefficient (Wildman–Crippen LogP) is 6.59. The van der Waals surface area contributed by atoms with E-state index in [1.165, 1.54) is 17.2 Å². The standard InChI is InChI=1S/C24H38Si/c1-10-21-12-22(11-2)14-23(13-21)25(9,15-16(3)4)24-19(7)17(5)18(6)20(24)8/h12-14,16,19H,10-11,15H2,1-9H3. The molecule has 0 aromatic heterocycles. The van der Waals surface area contributed by atoms with Gasteiger partial charge in [0.2, 0.25) is 0 Å². The average molecular weight is 355 g/mol. The summed E-state index contributed by atoms with van der Waals surface area (Å²) in [7, 11) is -1.72. The van der Waals surface area contributed by atoms with Gasteiger partial charge in [0.25, 0.3) is 0 Å². The van der Waals surface area contributed by atoms with Gasteiger partial charge < -0.3 is 0 Å². The number of hydrogen-bond donors (Lipinski definition) is 0. The second kappa shape index (κ2) is 7.66. The molecule has 0 nitrogen and oxygen atoms in total. The van der Waals surface area contributed by atoms with E-state index in [-0.39, 0.29) is 0 Å². The lowest BCUT2D eigenvalue weighted by molar-refractivity contribution is 0.717. The topological polar surface area (TPSA) is 0 Å². The number of allylic oxidation sites excluding steroid dienone is 4. The molecule has 0 bridgehead atoms. The second-order valence-corrected chi connectivity index (χ2v) is 12.9. The largest absolute Gasteiger partial charge is 0.111 e. The van der Waals surface area contributed by atoms with Crippen LogP contribution in [0.15, 0.2) is 40.1 Å². The van der Waals surface area contributed by atoms with Gasteiger partial charge in [-0.3, -0.25) is 0 Å². The van der Waals surface area contributed by atoms with E-state index in [0.29, 0.717) is 5.92 Å². The zero-order chi connectivity index (χ0) is 18.9. The maximum atomic E-state index is 2.64. The first-order chi connectivity index (χ1) is 11.7. The molecule has 2 atom stereocenters. The zero-order valence-corrected chi connectivity index (χ0v) is 19.0. The van der Waals surface area contributed by atoms with Crippen LogP contribution < -0.4 is 5.19 Å². The first-order valence-corrected chi connectivity index (χ1v) is 12.9. The van der Waals surface area contributed by atoms with Crippen LogP contribution in [0.2, 0.25) is 12.6 Å². The maximum Gasteiger partial charge on any atom is 0.111 e. The number of benzene rings is 1. The average Bonchev–Trinajstić information content (AvgIpc) is 2.77. The van der Waals surface area contributed by atoms with Crippen molar-refractivity contribution in [2.75, 3.05) is 0 Å². The third-order valence-corrected chi connectivity index (χ3v) is 11.8. The van der Waals surface area contributed by atoms with Crippen LogP contribution in [0.25, 0.3) is 0 Å². The van der Waals surface area contributed by atoms with E-state index in [1.807, 2.05) is 0 Å². The highest BCUT2D eigenvalue weighted by Gasteiger charge is 2.41. The molecule has 2 unspecified atom stereocenters. The maximum absolute atomic E-state index is 2.64. The Bertz CT molecular complexity index is 683. The summed E-state index contributed by atoms with van der Waals surface area (Å²) >= 11 is 0. The number of hydrogen-bond acceptors (Lipinski definition) is 0. The molecule has 0 amide bonds. The van der Waals surface area contributed by atoms with Gasteiger partial charge in [-0.1, -0.05) is 80.9 Å². The minimum Gasteiger partial charge on any atom is -0.0660 e. The SMILES string of the molecule is CCc1cc(CC)cc([Si](C)(CC(C)C)C2=C(C)C(C)=C(C)C2C)c1. The highest BCUT2D eigenvalue weighted by Crippen LogP contribution is 2.43. The Hall–Kier alpha value is -1.08. The predicted molar refractivity (Wildman–Crippen MR) is 116 cm³/mol. The molecule has 1 aliphatic carbocycles. The highest BCUT2D eigenvalue weighted by atomic mass is 28.3. The van der Waals surface area contributed by atoms with Crippen molar-refractivity contribution in [3.8, 4) is 0 Å². The lowest BCUT2D eigenvalue weighted by Crippen LogP contribution is -2.50. The van der Waals surface area contributed by atoms with Gasteiger partial charge in [0, 0.05) is 0 Å². The van der Waals surface area contributed by atoms with Gasteiger partial charge in [-0.2, -0.15) is 0 Å². The molecule has 1 aliphatic rings. The summed E-state index contributed by atoms with van der Waals surface area (Å²) in [4.78, 5) is 0. The van der Waals surface area contributed by atoms with Crippen molar-refractivity contribution < 1.29 is 0 Å². The van der Waals surface area contributed by atoms with E-state index >= 15 is 0 Å². The van der Waals surface area contributed by atoms with E-state index in [9.17, 15) is 0 Å². The van der Waals surface area contributed by atoms with Crippen molar-refractivity contribution >= 4 is 13.3 Å². The van der Waals surface area contributed by atoms with Crippen molar-refractivity contribution in [2.24, 2.45) is 11.8 Å². The second-order valence-electron chi connectivity index (χ2n) is 8.74. The van der Waals surface area contributed by atoms with Crippen LogP contribution in [0.4, 0.5) is 0 Å². The van der Waals surface area contributed by atoms with Crippen LogP contribution in [0.5, 0.6) is 0 Å². The molecular formula is C24H38Si. The van der Waals surface area contributed by atoms with Crippen LogP contribution in [-0.2, 0) is 12.8 Å².